The maximum atomic E-state index is 14.1. The van der Waals surface area contributed by atoms with Crippen LogP contribution in [0.4, 0.5) is 22.0 Å². The average molecular weight is 483 g/mol. The zero-order valence-electron chi connectivity index (χ0n) is 16.6. The van der Waals surface area contributed by atoms with Crippen LogP contribution in [-0.2, 0) is 14.1 Å². The molecule has 0 aliphatic carbocycles. The number of hydrogen-bond donors (Lipinski definition) is 1. The van der Waals surface area contributed by atoms with Crippen LogP contribution < -0.4 is 9.61 Å². The third kappa shape index (κ3) is 6.21. The molecule has 2 aromatic carbocycles. The van der Waals surface area contributed by atoms with Crippen LogP contribution in [0.15, 0.2) is 35.2 Å². The number of para-hydroxylation sites is 1. The van der Waals surface area contributed by atoms with Crippen LogP contribution in [0.1, 0.15) is 27.2 Å². The Balaban J connectivity index is 2.42. The van der Waals surface area contributed by atoms with E-state index in [1.807, 2.05) is 0 Å². The molecule has 0 aromatic heterocycles. The van der Waals surface area contributed by atoms with Crippen molar-refractivity contribution in [3.63, 3.8) is 0 Å². The molecule has 3 atom stereocenters. The lowest BCUT2D eigenvalue weighted by molar-refractivity contribution is -0.149. The van der Waals surface area contributed by atoms with Crippen LogP contribution >= 0.6 is 18.1 Å². The Kier molecular flexibility index (Phi) is 8.50. The summed E-state index contributed by atoms with van der Waals surface area (Å²) in [4.78, 5) is 10.8. The van der Waals surface area contributed by atoms with Crippen LogP contribution in [0.2, 0.25) is 0 Å². The fraction of sp³-hybridized carbons (Fsp3) is 0.316. The van der Waals surface area contributed by atoms with Gasteiger partial charge in [0, 0.05) is 11.4 Å². The summed E-state index contributed by atoms with van der Waals surface area (Å²) in [6.45, 7) is 0.133. The van der Waals surface area contributed by atoms with Gasteiger partial charge in [-0.25, -0.2) is 31.6 Å². The number of nitrogens with one attached hydrogen (secondary N) is 1. The van der Waals surface area contributed by atoms with E-state index in [0.717, 1.165) is 0 Å². The molecule has 2 aromatic rings. The molecule has 0 amide bonds. The minimum atomic E-state index is -4.50. The highest BCUT2D eigenvalue weighted by molar-refractivity contribution is 8.56. The Morgan fingerprint density at radius 2 is 1.52 bits per heavy atom. The number of carbonyl (C=O) groups is 1. The zero-order chi connectivity index (χ0) is 23.3. The maximum Gasteiger partial charge on any atom is 0.379 e. The molecule has 0 aliphatic rings. The zero-order valence-corrected chi connectivity index (χ0v) is 18.3. The molecule has 5 nitrogen and oxygen atoms in total. The van der Waals surface area contributed by atoms with Crippen molar-refractivity contribution in [1.29, 1.82) is 0 Å². The van der Waals surface area contributed by atoms with Gasteiger partial charge in [-0.1, -0.05) is 25.1 Å². The predicted octanol–water partition coefficient (Wildman–Crippen LogP) is 5.98. The second-order valence-corrected chi connectivity index (χ2v) is 10.4. The normalized spacial score (nSPS) is 15.1. The number of benzene rings is 2. The summed E-state index contributed by atoms with van der Waals surface area (Å²) in [5, 5.41) is 2.28. The van der Waals surface area contributed by atoms with E-state index in [9.17, 15) is 31.3 Å². The molecule has 0 unspecified atom stereocenters. The standard InChI is InChI=1S/C19H19F5NO4PS/c1-4-10(2)28-19(26)11(3)25-30(27,29-12-8-6-5-7-9-12)31-18-16(23)14(21)13(20)15(22)17(18)24/h5-11H,4H2,1-3H3,(H,25,27)/t10-,11-,30-/m0/s1. The summed E-state index contributed by atoms with van der Waals surface area (Å²) in [5.41, 5.74) is 0. The Labute approximate surface area is 179 Å². The second kappa shape index (κ2) is 10.5. The predicted molar refractivity (Wildman–Crippen MR) is 105 cm³/mol. The van der Waals surface area contributed by atoms with E-state index >= 15 is 0 Å². The quantitative estimate of drug-likeness (QED) is 0.156. The average Bonchev–Trinajstić information content (AvgIpc) is 2.74. The molecular weight excluding hydrogens is 464 g/mol. The van der Waals surface area contributed by atoms with Crippen molar-refractivity contribution in [3.8, 4) is 5.75 Å². The van der Waals surface area contributed by atoms with Gasteiger partial charge in [-0.05, 0) is 32.4 Å². The second-order valence-electron chi connectivity index (χ2n) is 6.40. The number of ether oxygens (including phenoxy) is 1. The summed E-state index contributed by atoms with van der Waals surface area (Å²) in [6, 6.07) is 6.03. The minimum Gasteiger partial charge on any atom is -0.462 e. The van der Waals surface area contributed by atoms with Crippen molar-refractivity contribution in [2.75, 3.05) is 0 Å². The van der Waals surface area contributed by atoms with Crippen LogP contribution in [-0.4, -0.2) is 18.1 Å². The number of esters is 1. The molecule has 0 saturated carbocycles. The van der Waals surface area contributed by atoms with E-state index in [1.165, 1.54) is 31.2 Å². The summed E-state index contributed by atoms with van der Waals surface area (Å²) < 4.78 is 92.6. The Hall–Kier alpha value is -2.10. The van der Waals surface area contributed by atoms with Gasteiger partial charge >= 0.3 is 12.7 Å². The molecule has 0 saturated heterocycles. The summed E-state index contributed by atoms with van der Waals surface area (Å²) in [7, 11) is 0. The van der Waals surface area contributed by atoms with Crippen molar-refractivity contribution in [2.45, 2.75) is 44.2 Å². The van der Waals surface area contributed by atoms with Gasteiger partial charge in [0.1, 0.15) is 11.8 Å². The fourth-order valence-corrected chi connectivity index (χ4v) is 6.06. The van der Waals surface area contributed by atoms with E-state index in [0.29, 0.717) is 6.42 Å². The van der Waals surface area contributed by atoms with Gasteiger partial charge in [-0.2, -0.15) is 0 Å². The molecule has 31 heavy (non-hydrogen) atoms. The third-order valence-corrected chi connectivity index (χ3v) is 7.69. The molecule has 0 heterocycles. The largest absolute Gasteiger partial charge is 0.462 e. The topological polar surface area (TPSA) is 64.6 Å². The van der Waals surface area contributed by atoms with Crippen LogP contribution in [0.25, 0.3) is 0 Å². The minimum absolute atomic E-state index is 0.0304. The highest BCUT2D eigenvalue weighted by Gasteiger charge is 2.37. The van der Waals surface area contributed by atoms with E-state index in [1.54, 1.807) is 19.9 Å². The van der Waals surface area contributed by atoms with E-state index in [2.05, 4.69) is 5.09 Å². The van der Waals surface area contributed by atoms with Gasteiger partial charge in [0.15, 0.2) is 23.3 Å². The lowest BCUT2D eigenvalue weighted by Crippen LogP contribution is -2.35. The van der Waals surface area contributed by atoms with Crippen molar-refractivity contribution < 1.29 is 40.6 Å². The molecule has 170 valence electrons. The molecule has 0 radical (unpaired) electrons. The van der Waals surface area contributed by atoms with Gasteiger partial charge < -0.3 is 9.26 Å². The highest BCUT2D eigenvalue weighted by atomic mass is 32.7. The molecule has 12 heteroatoms. The maximum absolute atomic E-state index is 14.1. The lowest BCUT2D eigenvalue weighted by atomic mass is 10.3. The van der Waals surface area contributed by atoms with Gasteiger partial charge in [0.25, 0.3) is 0 Å². The monoisotopic (exact) mass is 483 g/mol. The molecule has 0 spiro atoms. The van der Waals surface area contributed by atoms with Crippen molar-refractivity contribution >= 4 is 24.1 Å². The lowest BCUT2D eigenvalue weighted by Gasteiger charge is -2.24. The molecule has 1 N–H and O–H groups in total. The van der Waals surface area contributed by atoms with Gasteiger partial charge in [0.05, 0.1) is 11.0 Å². The number of rotatable bonds is 9. The first-order valence-electron chi connectivity index (χ1n) is 9.03. The van der Waals surface area contributed by atoms with Crippen LogP contribution in [0, 0.1) is 29.1 Å². The summed E-state index contributed by atoms with van der Waals surface area (Å²) >= 11 is -0.236. The van der Waals surface area contributed by atoms with Crippen LogP contribution in [0.3, 0.4) is 0 Å². The number of hydrogen-bond acceptors (Lipinski definition) is 5. The third-order valence-electron chi connectivity index (χ3n) is 3.95. The SMILES string of the molecule is CC[C@H](C)OC(=O)[C@H](C)N[P@](=O)(Oc1ccccc1)Sc1c(F)c(F)c(F)c(F)c1F. The Bertz CT molecular complexity index is 966. The van der Waals surface area contributed by atoms with E-state index < -0.39 is 58.8 Å². The van der Waals surface area contributed by atoms with Gasteiger partial charge in [-0.3, -0.25) is 4.79 Å². The number of carbonyl (C=O) groups excluding carboxylic acids is 1. The Morgan fingerprint density at radius 3 is 2.03 bits per heavy atom. The molecular formula is C19H19F5NO4PS. The first-order chi connectivity index (χ1) is 14.5. The van der Waals surface area contributed by atoms with Gasteiger partial charge in [0.2, 0.25) is 5.82 Å². The van der Waals surface area contributed by atoms with Crippen molar-refractivity contribution in [2.24, 2.45) is 0 Å². The van der Waals surface area contributed by atoms with Gasteiger partial charge in [-0.15, -0.1) is 0 Å². The van der Waals surface area contributed by atoms with E-state index in [4.69, 9.17) is 9.26 Å². The van der Waals surface area contributed by atoms with Crippen LogP contribution in [0.5, 0.6) is 5.75 Å². The molecule has 2 rings (SSSR count). The summed E-state index contributed by atoms with van der Waals surface area (Å²) in [6.07, 6.45) is 0.0321. The number of halogens is 5. The molecule has 0 fully saturated rings. The molecule has 0 aliphatic heterocycles. The molecule has 0 bridgehead atoms. The van der Waals surface area contributed by atoms with Crippen molar-refractivity contribution in [3.05, 3.63) is 59.4 Å². The highest BCUT2D eigenvalue weighted by Crippen LogP contribution is 2.60. The van der Waals surface area contributed by atoms with Crippen molar-refractivity contribution in [1.82, 2.24) is 5.09 Å². The van der Waals surface area contributed by atoms with E-state index in [-0.39, 0.29) is 17.1 Å². The first kappa shape index (κ1) is 25.2. The first-order valence-corrected chi connectivity index (χ1v) is 12.1. The fourth-order valence-electron chi connectivity index (χ4n) is 2.15. The summed E-state index contributed by atoms with van der Waals surface area (Å²) in [5.74, 6) is -12.0. The Morgan fingerprint density at radius 1 is 1.00 bits per heavy atom. The smallest absolute Gasteiger partial charge is 0.379 e.